The molecule has 2 amide bonds. The van der Waals surface area contributed by atoms with Gasteiger partial charge >= 0.3 is 6.09 Å². The van der Waals surface area contributed by atoms with Gasteiger partial charge in [-0.25, -0.2) is 4.79 Å². The average molecular weight is 350 g/mol. The van der Waals surface area contributed by atoms with Crippen LogP contribution in [-0.2, 0) is 9.53 Å². The van der Waals surface area contributed by atoms with Gasteiger partial charge in [0.1, 0.15) is 11.4 Å². The summed E-state index contributed by atoms with van der Waals surface area (Å²) in [6, 6.07) is 5.73. The summed E-state index contributed by atoms with van der Waals surface area (Å²) in [5.74, 6) is 0.687. The molecule has 0 aliphatic rings. The van der Waals surface area contributed by atoms with Crippen molar-refractivity contribution < 1.29 is 19.1 Å². The Kier molecular flexibility index (Phi) is 7.74. The van der Waals surface area contributed by atoms with Gasteiger partial charge in [-0.1, -0.05) is 17.7 Å². The molecule has 0 aliphatic carbocycles. The lowest BCUT2D eigenvalue weighted by atomic mass is 10.0. The van der Waals surface area contributed by atoms with Gasteiger partial charge in [-0.3, -0.25) is 4.79 Å². The standard InChI is InChI=1S/C19H30N2O4/c1-13-9-10-16(24-6)15(12-13)14(2)21-17(22)8-7-11-20-18(23)25-19(3,4)5/h9-10,12,14H,7-8,11H2,1-6H3,(H,20,23)(H,21,22)/t14-/m1/s1. The quantitative estimate of drug-likeness (QED) is 0.738. The molecule has 0 aromatic heterocycles. The molecule has 1 rings (SSSR count). The number of methoxy groups -OCH3 is 1. The summed E-state index contributed by atoms with van der Waals surface area (Å²) in [5.41, 5.74) is 1.53. The summed E-state index contributed by atoms with van der Waals surface area (Å²) < 4.78 is 10.5. The van der Waals surface area contributed by atoms with Crippen LogP contribution in [0.4, 0.5) is 4.79 Å². The maximum absolute atomic E-state index is 12.1. The number of carbonyl (C=O) groups excluding carboxylic acids is 2. The number of amides is 2. The van der Waals surface area contributed by atoms with E-state index in [2.05, 4.69) is 10.6 Å². The van der Waals surface area contributed by atoms with E-state index in [1.54, 1.807) is 27.9 Å². The van der Waals surface area contributed by atoms with Crippen molar-refractivity contribution in [2.24, 2.45) is 0 Å². The van der Waals surface area contributed by atoms with Crippen LogP contribution < -0.4 is 15.4 Å². The first-order valence-corrected chi connectivity index (χ1v) is 8.53. The maximum Gasteiger partial charge on any atom is 0.407 e. The van der Waals surface area contributed by atoms with Gasteiger partial charge in [-0.05, 0) is 47.1 Å². The van der Waals surface area contributed by atoms with Crippen LogP contribution in [0.3, 0.4) is 0 Å². The van der Waals surface area contributed by atoms with Crippen LogP contribution in [0.5, 0.6) is 5.75 Å². The van der Waals surface area contributed by atoms with Crippen LogP contribution in [0.2, 0.25) is 0 Å². The van der Waals surface area contributed by atoms with Gasteiger partial charge in [0.2, 0.25) is 5.91 Å². The number of rotatable bonds is 7. The minimum absolute atomic E-state index is 0.0675. The molecule has 140 valence electrons. The fraction of sp³-hybridized carbons (Fsp3) is 0.579. The molecule has 2 N–H and O–H groups in total. The Morgan fingerprint density at radius 2 is 1.92 bits per heavy atom. The molecular formula is C19H30N2O4. The number of hydrogen-bond donors (Lipinski definition) is 2. The molecule has 0 aliphatic heterocycles. The highest BCUT2D eigenvalue weighted by Crippen LogP contribution is 2.26. The molecule has 1 aromatic rings. The Morgan fingerprint density at radius 1 is 1.24 bits per heavy atom. The minimum Gasteiger partial charge on any atom is -0.496 e. The predicted octanol–water partition coefficient (Wildman–Crippen LogP) is 3.49. The highest BCUT2D eigenvalue weighted by Gasteiger charge is 2.16. The summed E-state index contributed by atoms with van der Waals surface area (Å²) in [6.07, 6.45) is 0.405. The Hall–Kier alpha value is -2.24. The van der Waals surface area contributed by atoms with Crippen molar-refractivity contribution in [3.8, 4) is 5.75 Å². The highest BCUT2D eigenvalue weighted by molar-refractivity contribution is 5.76. The summed E-state index contributed by atoms with van der Waals surface area (Å²) in [4.78, 5) is 23.6. The third-order valence-corrected chi connectivity index (χ3v) is 3.48. The van der Waals surface area contributed by atoms with E-state index < -0.39 is 11.7 Å². The van der Waals surface area contributed by atoms with Gasteiger partial charge in [-0.2, -0.15) is 0 Å². The first-order chi connectivity index (χ1) is 11.6. The van der Waals surface area contributed by atoms with Crippen LogP contribution in [0.1, 0.15) is 57.7 Å². The Morgan fingerprint density at radius 3 is 2.52 bits per heavy atom. The van der Waals surface area contributed by atoms with Gasteiger partial charge in [0, 0.05) is 18.5 Å². The van der Waals surface area contributed by atoms with E-state index in [0.29, 0.717) is 19.4 Å². The van der Waals surface area contributed by atoms with Crippen LogP contribution in [0.15, 0.2) is 18.2 Å². The van der Waals surface area contributed by atoms with E-state index in [-0.39, 0.29) is 11.9 Å². The molecule has 0 radical (unpaired) electrons. The third kappa shape index (κ3) is 7.92. The fourth-order valence-electron chi connectivity index (χ4n) is 2.34. The molecule has 25 heavy (non-hydrogen) atoms. The molecule has 1 atom stereocenters. The van der Waals surface area contributed by atoms with Gasteiger partial charge in [0.25, 0.3) is 0 Å². The average Bonchev–Trinajstić information content (AvgIpc) is 2.49. The number of alkyl carbamates (subject to hydrolysis) is 1. The number of benzene rings is 1. The largest absolute Gasteiger partial charge is 0.496 e. The lowest BCUT2D eigenvalue weighted by Gasteiger charge is -2.20. The first-order valence-electron chi connectivity index (χ1n) is 8.53. The monoisotopic (exact) mass is 350 g/mol. The normalized spacial score (nSPS) is 12.2. The second-order valence-corrected chi connectivity index (χ2v) is 7.07. The van der Waals surface area contributed by atoms with E-state index >= 15 is 0 Å². The zero-order chi connectivity index (χ0) is 19.0. The minimum atomic E-state index is -0.524. The SMILES string of the molecule is COc1ccc(C)cc1[C@@H](C)NC(=O)CCCNC(=O)OC(C)(C)C. The van der Waals surface area contributed by atoms with Crippen molar-refractivity contribution in [1.82, 2.24) is 10.6 Å². The van der Waals surface area contributed by atoms with E-state index in [0.717, 1.165) is 16.9 Å². The van der Waals surface area contributed by atoms with Crippen molar-refractivity contribution in [3.05, 3.63) is 29.3 Å². The van der Waals surface area contributed by atoms with E-state index in [4.69, 9.17) is 9.47 Å². The smallest absolute Gasteiger partial charge is 0.407 e. The zero-order valence-corrected chi connectivity index (χ0v) is 16.1. The van der Waals surface area contributed by atoms with Crippen molar-refractivity contribution >= 4 is 12.0 Å². The van der Waals surface area contributed by atoms with Gasteiger partial charge in [0.05, 0.1) is 13.2 Å². The first kappa shape index (κ1) is 20.8. The van der Waals surface area contributed by atoms with E-state index in [1.165, 1.54) is 0 Å². The molecule has 0 heterocycles. The molecule has 0 bridgehead atoms. The Bertz CT molecular complexity index is 594. The van der Waals surface area contributed by atoms with Crippen LogP contribution in [-0.4, -0.2) is 31.3 Å². The number of ether oxygens (including phenoxy) is 2. The highest BCUT2D eigenvalue weighted by atomic mass is 16.6. The number of hydrogen-bond acceptors (Lipinski definition) is 4. The van der Waals surface area contributed by atoms with Crippen molar-refractivity contribution in [3.63, 3.8) is 0 Å². The van der Waals surface area contributed by atoms with Crippen molar-refractivity contribution in [2.45, 2.75) is 59.1 Å². The van der Waals surface area contributed by atoms with Gasteiger partial charge < -0.3 is 20.1 Å². The van der Waals surface area contributed by atoms with Crippen molar-refractivity contribution in [1.29, 1.82) is 0 Å². The van der Waals surface area contributed by atoms with Crippen molar-refractivity contribution in [2.75, 3.05) is 13.7 Å². The Labute approximate surface area is 150 Å². The molecule has 0 fully saturated rings. The van der Waals surface area contributed by atoms with Crippen LogP contribution >= 0.6 is 0 Å². The topological polar surface area (TPSA) is 76.7 Å². The van der Waals surface area contributed by atoms with Crippen LogP contribution in [0.25, 0.3) is 0 Å². The predicted molar refractivity (Wildman–Crippen MR) is 97.8 cm³/mol. The maximum atomic E-state index is 12.1. The fourth-order valence-corrected chi connectivity index (χ4v) is 2.34. The lowest BCUT2D eigenvalue weighted by molar-refractivity contribution is -0.121. The van der Waals surface area contributed by atoms with Gasteiger partial charge in [0.15, 0.2) is 0 Å². The van der Waals surface area contributed by atoms with E-state index in [9.17, 15) is 9.59 Å². The summed E-state index contributed by atoms with van der Waals surface area (Å²) >= 11 is 0. The Balaban J connectivity index is 2.40. The third-order valence-electron chi connectivity index (χ3n) is 3.48. The molecule has 6 heteroatoms. The molecule has 1 aromatic carbocycles. The van der Waals surface area contributed by atoms with E-state index in [1.807, 2.05) is 32.0 Å². The molecule has 6 nitrogen and oxygen atoms in total. The number of aryl methyl sites for hydroxylation is 1. The summed E-state index contributed by atoms with van der Waals surface area (Å²) in [5, 5.41) is 5.61. The molecular weight excluding hydrogens is 320 g/mol. The van der Waals surface area contributed by atoms with Gasteiger partial charge in [-0.15, -0.1) is 0 Å². The molecule has 0 saturated heterocycles. The molecule has 0 spiro atoms. The number of carbonyl (C=O) groups is 2. The lowest BCUT2D eigenvalue weighted by Crippen LogP contribution is -2.33. The zero-order valence-electron chi connectivity index (χ0n) is 16.1. The molecule has 0 saturated carbocycles. The summed E-state index contributed by atoms with van der Waals surface area (Å²) in [6.45, 7) is 9.74. The van der Waals surface area contributed by atoms with Crippen LogP contribution in [0, 0.1) is 6.92 Å². The molecule has 0 unspecified atom stereocenters. The second kappa shape index (κ2) is 9.30. The summed E-state index contributed by atoms with van der Waals surface area (Å²) in [7, 11) is 1.62. The number of nitrogens with one attached hydrogen (secondary N) is 2. The second-order valence-electron chi connectivity index (χ2n) is 7.07.